The van der Waals surface area contributed by atoms with E-state index < -0.39 is 0 Å². The molecular weight excluding hydrogens is 234 g/mol. The van der Waals surface area contributed by atoms with E-state index in [1.165, 1.54) is 7.11 Å². The van der Waals surface area contributed by atoms with Crippen molar-refractivity contribution in [2.75, 3.05) is 40.5 Å². The second-order valence-electron chi connectivity index (χ2n) is 4.77. The topological polar surface area (TPSA) is 48.0 Å². The molecule has 0 radical (unpaired) electrons. The van der Waals surface area contributed by atoms with E-state index in [0.29, 0.717) is 25.7 Å². The van der Waals surface area contributed by atoms with Crippen molar-refractivity contribution in [3.8, 4) is 0 Å². The molecule has 0 N–H and O–H groups in total. The average Bonchev–Trinajstić information content (AvgIpc) is 2.77. The van der Waals surface area contributed by atoms with Gasteiger partial charge in [-0.3, -0.25) is 9.69 Å². The van der Waals surface area contributed by atoms with Gasteiger partial charge in [0.1, 0.15) is 0 Å². The van der Waals surface area contributed by atoms with Gasteiger partial charge in [-0.25, -0.2) is 0 Å². The van der Waals surface area contributed by atoms with Crippen LogP contribution in [-0.2, 0) is 19.0 Å². The molecule has 0 aliphatic carbocycles. The number of methoxy groups -OCH3 is 2. The second kappa shape index (κ2) is 8.45. The molecule has 0 amide bonds. The monoisotopic (exact) mass is 259 g/mol. The summed E-state index contributed by atoms with van der Waals surface area (Å²) < 4.78 is 15.6. The van der Waals surface area contributed by atoms with Gasteiger partial charge in [0.25, 0.3) is 0 Å². The third-order valence-corrected chi connectivity index (χ3v) is 3.25. The first-order chi connectivity index (χ1) is 8.65. The maximum atomic E-state index is 11.2. The van der Waals surface area contributed by atoms with Crippen LogP contribution in [0.25, 0.3) is 0 Å². The molecular formula is C13H25NO4. The average molecular weight is 259 g/mol. The normalized spacial score (nSPS) is 23.6. The van der Waals surface area contributed by atoms with Gasteiger partial charge in [0.05, 0.1) is 32.3 Å². The van der Waals surface area contributed by atoms with E-state index in [4.69, 9.17) is 9.47 Å². The number of ether oxygens (including phenoxy) is 3. The lowest BCUT2D eigenvalue weighted by molar-refractivity contribution is -0.141. The molecule has 106 valence electrons. The molecule has 1 aliphatic heterocycles. The highest BCUT2D eigenvalue weighted by Gasteiger charge is 2.24. The molecule has 0 saturated carbocycles. The van der Waals surface area contributed by atoms with Gasteiger partial charge in [-0.15, -0.1) is 0 Å². The first-order valence-corrected chi connectivity index (χ1v) is 6.59. The summed E-state index contributed by atoms with van der Waals surface area (Å²) >= 11 is 0. The Hall–Kier alpha value is -0.650. The zero-order chi connectivity index (χ0) is 13.4. The van der Waals surface area contributed by atoms with E-state index >= 15 is 0 Å². The molecule has 1 aliphatic rings. The molecule has 0 aromatic heterocycles. The third-order valence-electron chi connectivity index (χ3n) is 3.25. The summed E-state index contributed by atoms with van der Waals surface area (Å²) in [6.45, 7) is 5.16. The number of nitrogens with zero attached hydrogens (tertiary/aromatic N) is 1. The highest BCUT2D eigenvalue weighted by atomic mass is 16.5. The summed E-state index contributed by atoms with van der Waals surface area (Å²) in [6, 6.07) is 0. The Labute approximate surface area is 109 Å². The van der Waals surface area contributed by atoms with E-state index in [2.05, 4.69) is 16.6 Å². The molecule has 2 atom stereocenters. The van der Waals surface area contributed by atoms with E-state index in [1.54, 1.807) is 7.11 Å². The van der Waals surface area contributed by atoms with Crippen LogP contribution in [0, 0.1) is 0 Å². The molecule has 18 heavy (non-hydrogen) atoms. The molecule has 0 aromatic rings. The summed E-state index contributed by atoms with van der Waals surface area (Å²) in [7, 11) is 3.11. The van der Waals surface area contributed by atoms with Crippen molar-refractivity contribution in [1.82, 2.24) is 4.90 Å². The molecule has 1 heterocycles. The Morgan fingerprint density at radius 3 is 2.67 bits per heavy atom. The van der Waals surface area contributed by atoms with E-state index in [9.17, 15) is 4.79 Å². The Balaban J connectivity index is 2.32. The van der Waals surface area contributed by atoms with Gasteiger partial charge in [-0.1, -0.05) is 0 Å². The van der Waals surface area contributed by atoms with Gasteiger partial charge >= 0.3 is 5.97 Å². The first-order valence-electron chi connectivity index (χ1n) is 6.59. The number of carbonyl (C=O) groups excluding carboxylic acids is 1. The summed E-state index contributed by atoms with van der Waals surface area (Å²) in [6.07, 6.45) is 3.29. The molecule has 1 fully saturated rings. The Kier molecular flexibility index (Phi) is 7.23. The van der Waals surface area contributed by atoms with E-state index in [1.807, 2.05) is 0 Å². The second-order valence-corrected chi connectivity index (χ2v) is 4.77. The molecule has 2 unspecified atom stereocenters. The Morgan fingerprint density at radius 2 is 2.11 bits per heavy atom. The van der Waals surface area contributed by atoms with Crippen LogP contribution in [0.5, 0.6) is 0 Å². The minimum Gasteiger partial charge on any atom is -0.469 e. The van der Waals surface area contributed by atoms with Crippen molar-refractivity contribution >= 4 is 5.97 Å². The van der Waals surface area contributed by atoms with Crippen molar-refractivity contribution in [2.45, 2.75) is 38.4 Å². The minimum atomic E-state index is -0.168. The zero-order valence-electron chi connectivity index (χ0n) is 11.7. The lowest BCUT2D eigenvalue weighted by atomic mass is 10.2. The predicted molar refractivity (Wildman–Crippen MR) is 68.5 cm³/mol. The number of hydrogen-bond acceptors (Lipinski definition) is 5. The van der Waals surface area contributed by atoms with Crippen LogP contribution in [0.1, 0.15) is 26.2 Å². The van der Waals surface area contributed by atoms with Crippen molar-refractivity contribution < 1.29 is 19.0 Å². The number of esters is 1. The van der Waals surface area contributed by atoms with Crippen LogP contribution in [-0.4, -0.2) is 63.5 Å². The molecule has 0 aromatic carbocycles. The number of carbonyl (C=O) groups is 1. The lowest BCUT2D eigenvalue weighted by Gasteiger charge is -2.24. The SMILES string of the molecule is COCCN(CCC(=O)OC)CC1CCC(C)O1. The van der Waals surface area contributed by atoms with Crippen LogP contribution in [0.3, 0.4) is 0 Å². The van der Waals surface area contributed by atoms with Crippen molar-refractivity contribution in [3.05, 3.63) is 0 Å². The molecule has 5 heteroatoms. The molecule has 5 nitrogen and oxygen atoms in total. The summed E-state index contributed by atoms with van der Waals surface area (Å²) in [5.41, 5.74) is 0. The fourth-order valence-corrected chi connectivity index (χ4v) is 2.17. The summed E-state index contributed by atoms with van der Waals surface area (Å²) in [4.78, 5) is 13.4. The van der Waals surface area contributed by atoms with Gasteiger partial charge in [0.15, 0.2) is 0 Å². The van der Waals surface area contributed by atoms with Gasteiger partial charge in [0, 0.05) is 26.7 Å². The fraction of sp³-hybridized carbons (Fsp3) is 0.923. The van der Waals surface area contributed by atoms with Gasteiger partial charge < -0.3 is 14.2 Å². The highest BCUT2D eigenvalue weighted by Crippen LogP contribution is 2.19. The summed E-state index contributed by atoms with van der Waals surface area (Å²) in [5, 5.41) is 0. The van der Waals surface area contributed by atoms with E-state index in [-0.39, 0.29) is 12.1 Å². The lowest BCUT2D eigenvalue weighted by Crippen LogP contribution is -2.36. The van der Waals surface area contributed by atoms with Crippen LogP contribution >= 0.6 is 0 Å². The third kappa shape index (κ3) is 5.80. The molecule has 0 spiro atoms. The van der Waals surface area contributed by atoms with Crippen LogP contribution in [0.4, 0.5) is 0 Å². The minimum absolute atomic E-state index is 0.168. The maximum Gasteiger partial charge on any atom is 0.306 e. The van der Waals surface area contributed by atoms with Gasteiger partial charge in [-0.2, -0.15) is 0 Å². The molecule has 0 bridgehead atoms. The zero-order valence-corrected chi connectivity index (χ0v) is 11.7. The van der Waals surface area contributed by atoms with Crippen LogP contribution in [0.2, 0.25) is 0 Å². The van der Waals surface area contributed by atoms with Gasteiger partial charge in [0.2, 0.25) is 0 Å². The van der Waals surface area contributed by atoms with Crippen molar-refractivity contribution in [3.63, 3.8) is 0 Å². The number of rotatable bonds is 8. The maximum absolute atomic E-state index is 11.2. The quantitative estimate of drug-likeness (QED) is 0.610. The van der Waals surface area contributed by atoms with Crippen molar-refractivity contribution in [1.29, 1.82) is 0 Å². The molecule has 1 rings (SSSR count). The smallest absolute Gasteiger partial charge is 0.306 e. The molecule has 1 saturated heterocycles. The Bertz CT molecular complexity index is 247. The number of hydrogen-bond donors (Lipinski definition) is 0. The van der Waals surface area contributed by atoms with Crippen LogP contribution in [0.15, 0.2) is 0 Å². The van der Waals surface area contributed by atoms with Crippen LogP contribution < -0.4 is 0 Å². The van der Waals surface area contributed by atoms with Gasteiger partial charge in [-0.05, 0) is 19.8 Å². The predicted octanol–water partition coefficient (Wildman–Crippen LogP) is 1.07. The Morgan fingerprint density at radius 1 is 1.33 bits per heavy atom. The summed E-state index contributed by atoms with van der Waals surface area (Å²) in [5.74, 6) is -0.168. The van der Waals surface area contributed by atoms with Crippen molar-refractivity contribution in [2.24, 2.45) is 0 Å². The standard InChI is InChI=1S/C13H25NO4/c1-11-4-5-12(18-11)10-14(8-9-16-2)7-6-13(15)17-3/h11-12H,4-10H2,1-3H3. The first kappa shape index (κ1) is 15.4. The fourth-order valence-electron chi connectivity index (χ4n) is 2.17. The van der Waals surface area contributed by atoms with E-state index in [0.717, 1.165) is 25.9 Å². The highest BCUT2D eigenvalue weighted by molar-refractivity contribution is 5.69. The largest absolute Gasteiger partial charge is 0.469 e.